The van der Waals surface area contributed by atoms with E-state index in [0.717, 1.165) is 12.2 Å². The minimum Gasteiger partial charge on any atom is -0.378 e. The van der Waals surface area contributed by atoms with Gasteiger partial charge < -0.3 is 9.64 Å². The maximum atomic E-state index is 12.2. The number of hydrogen-bond donors (Lipinski definition) is 0. The number of ether oxygens (including phenoxy) is 1. The minimum atomic E-state index is -1.10. The summed E-state index contributed by atoms with van der Waals surface area (Å²) in [4.78, 5) is 14.0. The van der Waals surface area contributed by atoms with Gasteiger partial charge in [-0.15, -0.1) is 11.8 Å². The second-order valence-electron chi connectivity index (χ2n) is 5.03. The highest BCUT2D eigenvalue weighted by Gasteiger charge is 2.35. The molecule has 1 aliphatic heterocycles. The van der Waals surface area contributed by atoms with E-state index in [2.05, 4.69) is 12.1 Å². The molecule has 1 aromatic carbocycles. The summed E-state index contributed by atoms with van der Waals surface area (Å²) in [5, 5.41) is 0.00579. The lowest BCUT2D eigenvalue weighted by molar-refractivity contribution is -0.130. The fraction of sp³-hybridized carbons (Fsp3) is 0.533. The number of methoxy groups -OCH3 is 1. The van der Waals surface area contributed by atoms with Crippen LogP contribution in [0.25, 0.3) is 0 Å². The number of rotatable bonds is 6. The lowest BCUT2D eigenvalue weighted by Crippen LogP contribution is -2.44. The van der Waals surface area contributed by atoms with Gasteiger partial charge in [-0.05, 0) is 5.56 Å². The van der Waals surface area contributed by atoms with Gasteiger partial charge in [0.25, 0.3) is 0 Å². The Morgan fingerprint density at radius 1 is 1.48 bits per heavy atom. The van der Waals surface area contributed by atoms with Crippen LogP contribution in [-0.2, 0) is 26.8 Å². The van der Waals surface area contributed by atoms with Gasteiger partial charge in [0, 0.05) is 42.9 Å². The topological polar surface area (TPSA) is 46.6 Å². The highest BCUT2D eigenvalue weighted by atomic mass is 32.2. The zero-order valence-corrected chi connectivity index (χ0v) is 14.0. The lowest BCUT2D eigenvalue weighted by Gasteiger charge is -2.30. The molecule has 0 aliphatic carbocycles. The molecule has 3 atom stereocenters. The summed E-state index contributed by atoms with van der Waals surface area (Å²) in [5.74, 6) is 0.959. The van der Waals surface area contributed by atoms with Crippen LogP contribution in [0, 0.1) is 0 Å². The van der Waals surface area contributed by atoms with Crippen LogP contribution in [0.3, 0.4) is 0 Å². The van der Waals surface area contributed by atoms with E-state index in [1.165, 1.54) is 5.56 Å². The monoisotopic (exact) mass is 327 g/mol. The highest BCUT2D eigenvalue weighted by Crippen LogP contribution is 2.29. The van der Waals surface area contributed by atoms with Gasteiger partial charge >= 0.3 is 0 Å². The van der Waals surface area contributed by atoms with Crippen LogP contribution in [0.2, 0.25) is 0 Å². The number of amides is 1. The van der Waals surface area contributed by atoms with Crippen molar-refractivity contribution in [2.45, 2.75) is 17.9 Å². The minimum absolute atomic E-state index is 0.00579. The summed E-state index contributed by atoms with van der Waals surface area (Å²) < 4.78 is 16.9. The van der Waals surface area contributed by atoms with Gasteiger partial charge in [-0.1, -0.05) is 30.3 Å². The van der Waals surface area contributed by atoms with E-state index in [9.17, 15) is 9.00 Å². The van der Waals surface area contributed by atoms with Crippen LogP contribution in [0.4, 0.5) is 0 Å². The highest BCUT2D eigenvalue weighted by molar-refractivity contribution is 8.00. The van der Waals surface area contributed by atoms with Crippen molar-refractivity contribution in [3.63, 3.8) is 0 Å². The first-order valence-corrected chi connectivity index (χ1v) is 9.67. The molecule has 0 radical (unpaired) electrons. The maximum absolute atomic E-state index is 12.2. The standard InChI is InChI=1S/C15H21NO3S2/c1-19-13(10-12-6-4-3-5-7-12)15-16(8-9-20-15)14(17)11-21(2)18/h3-7,13,15H,8-11H2,1-2H3/t13?,15-,21-/m0/s1. The van der Waals surface area contributed by atoms with E-state index in [4.69, 9.17) is 4.74 Å². The third-order valence-electron chi connectivity index (χ3n) is 3.48. The van der Waals surface area contributed by atoms with Crippen molar-refractivity contribution in [1.82, 2.24) is 4.90 Å². The Morgan fingerprint density at radius 3 is 2.81 bits per heavy atom. The van der Waals surface area contributed by atoms with Crippen LogP contribution < -0.4 is 0 Å². The predicted molar refractivity (Wildman–Crippen MR) is 87.8 cm³/mol. The van der Waals surface area contributed by atoms with Crippen molar-refractivity contribution in [2.24, 2.45) is 0 Å². The van der Waals surface area contributed by atoms with Crippen molar-refractivity contribution >= 4 is 28.5 Å². The summed E-state index contributed by atoms with van der Waals surface area (Å²) in [5.41, 5.74) is 1.20. The van der Waals surface area contributed by atoms with Crippen molar-refractivity contribution < 1.29 is 13.7 Å². The Kier molecular flexibility index (Phi) is 6.26. The number of nitrogens with zero attached hydrogens (tertiary/aromatic N) is 1. The molecule has 0 aromatic heterocycles. The molecule has 1 fully saturated rings. The van der Waals surface area contributed by atoms with Crippen LogP contribution in [0.15, 0.2) is 30.3 Å². The molecule has 1 amide bonds. The number of thioether (sulfide) groups is 1. The Bertz CT molecular complexity index is 495. The van der Waals surface area contributed by atoms with Gasteiger partial charge in [-0.25, -0.2) is 0 Å². The quantitative estimate of drug-likeness (QED) is 0.795. The third-order valence-corrected chi connectivity index (χ3v) is 5.45. The first-order chi connectivity index (χ1) is 10.1. The molecule has 0 spiro atoms. The molecule has 0 bridgehead atoms. The third kappa shape index (κ3) is 4.56. The molecule has 0 N–H and O–H groups in total. The molecule has 6 heteroatoms. The van der Waals surface area contributed by atoms with Crippen molar-refractivity contribution in [3.05, 3.63) is 35.9 Å². The van der Waals surface area contributed by atoms with E-state index in [1.807, 2.05) is 23.1 Å². The molecular formula is C15H21NO3S2. The van der Waals surface area contributed by atoms with E-state index < -0.39 is 10.8 Å². The van der Waals surface area contributed by atoms with E-state index in [-0.39, 0.29) is 23.1 Å². The average Bonchev–Trinajstić information content (AvgIpc) is 2.94. The van der Waals surface area contributed by atoms with E-state index in [1.54, 1.807) is 25.1 Å². The van der Waals surface area contributed by atoms with E-state index in [0.29, 0.717) is 6.54 Å². The Morgan fingerprint density at radius 2 is 2.19 bits per heavy atom. The Labute approximate surface area is 132 Å². The summed E-state index contributed by atoms with van der Waals surface area (Å²) >= 11 is 1.74. The van der Waals surface area contributed by atoms with Crippen molar-refractivity contribution in [3.8, 4) is 0 Å². The molecule has 116 valence electrons. The predicted octanol–water partition coefficient (Wildman–Crippen LogP) is 1.52. The number of benzene rings is 1. The largest absolute Gasteiger partial charge is 0.378 e. The van der Waals surface area contributed by atoms with E-state index >= 15 is 0 Å². The van der Waals surface area contributed by atoms with Crippen molar-refractivity contribution in [1.29, 1.82) is 0 Å². The summed E-state index contributed by atoms with van der Waals surface area (Å²) in [6, 6.07) is 10.1. The summed E-state index contributed by atoms with van der Waals surface area (Å²) in [6.45, 7) is 0.708. The molecular weight excluding hydrogens is 306 g/mol. The van der Waals surface area contributed by atoms with Crippen LogP contribution >= 0.6 is 11.8 Å². The molecule has 1 heterocycles. The van der Waals surface area contributed by atoms with Gasteiger partial charge in [-0.3, -0.25) is 9.00 Å². The molecule has 4 nitrogen and oxygen atoms in total. The summed E-state index contributed by atoms with van der Waals surface area (Å²) in [6.07, 6.45) is 2.29. The maximum Gasteiger partial charge on any atom is 0.236 e. The second-order valence-corrected chi connectivity index (χ2v) is 7.69. The Hall–Kier alpha value is -0.850. The number of carbonyl (C=O) groups excluding carboxylic acids is 1. The van der Waals surface area contributed by atoms with Gasteiger partial charge in [0.1, 0.15) is 11.1 Å². The Balaban J connectivity index is 2.05. The average molecular weight is 327 g/mol. The molecule has 21 heavy (non-hydrogen) atoms. The van der Waals surface area contributed by atoms with Crippen molar-refractivity contribution in [2.75, 3.05) is 31.4 Å². The zero-order valence-electron chi connectivity index (χ0n) is 12.4. The van der Waals surface area contributed by atoms with Gasteiger partial charge in [-0.2, -0.15) is 0 Å². The van der Waals surface area contributed by atoms with Gasteiger partial charge in [0.15, 0.2) is 0 Å². The molecule has 1 aliphatic rings. The smallest absolute Gasteiger partial charge is 0.236 e. The van der Waals surface area contributed by atoms with Crippen LogP contribution in [0.1, 0.15) is 5.56 Å². The number of carbonyl (C=O) groups is 1. The molecule has 1 unspecified atom stereocenters. The van der Waals surface area contributed by atoms with Crippen LogP contribution in [-0.4, -0.2) is 57.9 Å². The molecule has 1 aromatic rings. The summed E-state index contributed by atoms with van der Waals surface area (Å²) in [7, 11) is 0.587. The van der Waals surface area contributed by atoms with Crippen LogP contribution in [0.5, 0.6) is 0 Å². The second kappa shape index (κ2) is 7.96. The fourth-order valence-corrected chi connectivity index (χ4v) is 4.35. The molecule has 2 rings (SSSR count). The zero-order chi connectivity index (χ0) is 15.2. The van der Waals surface area contributed by atoms with Gasteiger partial charge in [0.2, 0.25) is 5.91 Å². The first-order valence-electron chi connectivity index (χ1n) is 6.89. The fourth-order valence-electron chi connectivity index (χ4n) is 2.47. The van der Waals surface area contributed by atoms with Gasteiger partial charge in [0.05, 0.1) is 6.10 Å². The SMILES string of the molecule is COC(Cc1ccccc1)[C@@H]1SCCN1C(=O)C[S@](C)=O. The number of hydrogen-bond acceptors (Lipinski definition) is 4. The molecule has 1 saturated heterocycles. The normalized spacial score (nSPS) is 21.2. The molecule has 0 saturated carbocycles. The first kappa shape index (κ1) is 16.5. The lowest BCUT2D eigenvalue weighted by atomic mass is 10.1.